The normalized spacial score (nSPS) is 17.0. The average molecular weight is 292 g/mol. The number of ether oxygens (including phenoxy) is 1. The van der Waals surface area contributed by atoms with Gasteiger partial charge in [-0.2, -0.15) is 0 Å². The third-order valence-corrected chi connectivity index (χ3v) is 4.01. The van der Waals surface area contributed by atoms with E-state index in [9.17, 15) is 0 Å². The Kier molecular flexibility index (Phi) is 3.36. The largest absolute Gasteiger partial charge is 0.457 e. The lowest BCUT2D eigenvalue weighted by Crippen LogP contribution is -2.26. The highest BCUT2D eigenvalue weighted by Gasteiger charge is 2.26. The molecule has 0 amide bonds. The van der Waals surface area contributed by atoms with Crippen LogP contribution in [0.25, 0.3) is 4.85 Å². The maximum Gasteiger partial charge on any atom is 0.324 e. The molecule has 2 aromatic carbocycles. The van der Waals surface area contributed by atoms with E-state index in [1.807, 2.05) is 51.9 Å². The van der Waals surface area contributed by atoms with Gasteiger partial charge in [-0.05, 0) is 72.8 Å². The minimum atomic E-state index is -0.657. The van der Waals surface area contributed by atoms with E-state index in [0.717, 1.165) is 27.7 Å². The smallest absolute Gasteiger partial charge is 0.324 e. The van der Waals surface area contributed by atoms with Gasteiger partial charge in [0.1, 0.15) is 11.5 Å². The average Bonchev–Trinajstić information content (AvgIpc) is 2.73. The fourth-order valence-electron chi connectivity index (χ4n) is 3.03. The molecule has 3 nitrogen and oxygen atoms in total. The molecular formula is C18H18BNO2. The van der Waals surface area contributed by atoms with Crippen molar-refractivity contribution >= 4 is 18.1 Å². The molecule has 0 bridgehead atoms. The predicted octanol–water partition coefficient (Wildman–Crippen LogP) is 4.31. The molecule has 2 aromatic rings. The first-order chi connectivity index (χ1) is 10.9. The van der Waals surface area contributed by atoms with Crippen molar-refractivity contribution < 1.29 is 10.8 Å². The van der Waals surface area contributed by atoms with Crippen LogP contribution in [-0.4, -0.2) is 6.92 Å². The molecule has 0 radical (unpaired) electrons. The van der Waals surface area contributed by atoms with Crippen molar-refractivity contribution in [2.75, 3.05) is 0 Å². The number of fused-ring (bicyclic) bond motifs is 1. The molecule has 0 saturated carbocycles. The summed E-state index contributed by atoms with van der Waals surface area (Å²) in [5.74, 6) is 1.41. The fraction of sp³-hybridized carbons (Fsp3) is 0.278. The number of rotatable bonds is 2. The summed E-state index contributed by atoms with van der Waals surface area (Å²) < 4.78 is 19.6. The van der Waals surface area contributed by atoms with Gasteiger partial charge in [0.05, 0.1) is 14.5 Å². The number of nitrogens with zero attached hydrogens (tertiary/aromatic N) is 1. The van der Waals surface area contributed by atoms with Crippen LogP contribution in [0.2, 0.25) is 6.82 Å². The number of aryl methyl sites for hydroxylation is 3. The minimum Gasteiger partial charge on any atom is -0.457 e. The van der Waals surface area contributed by atoms with Crippen molar-refractivity contribution in [3.8, 4) is 11.5 Å². The second kappa shape index (κ2) is 5.51. The van der Waals surface area contributed by atoms with Crippen LogP contribution in [0, 0.1) is 27.3 Å². The molecule has 1 heterocycles. The summed E-state index contributed by atoms with van der Waals surface area (Å²) in [6.45, 7) is 14.3. The van der Waals surface area contributed by atoms with Gasteiger partial charge in [0, 0.05) is 0 Å². The minimum absolute atomic E-state index is 0.0519. The molecule has 1 unspecified atom stereocenters. The highest BCUT2D eigenvalue weighted by atomic mass is 16.5. The number of hydrogen-bond donors (Lipinski definition) is 0. The molecule has 1 aliphatic heterocycles. The molecule has 3 rings (SSSR count). The van der Waals surface area contributed by atoms with Crippen molar-refractivity contribution in [1.29, 1.82) is 0 Å². The van der Waals surface area contributed by atoms with Crippen LogP contribution < -0.4 is 10.2 Å². The third-order valence-electron chi connectivity index (χ3n) is 4.01. The maximum atomic E-state index is 8.03. The zero-order valence-electron chi connectivity index (χ0n) is 14.2. The standard InChI is InChI=1S/C18H18BNO2/c1-11-6-16(9-14-10-21-19(4)17(11)14)22-15-7-12(2)18(20-5)13(3)8-15/h6-9H,10H2,1-4H3/i10D. The molecule has 4 heteroatoms. The van der Waals surface area contributed by atoms with Gasteiger partial charge in [0.25, 0.3) is 0 Å². The molecular weight excluding hydrogens is 273 g/mol. The van der Waals surface area contributed by atoms with Crippen LogP contribution in [0.4, 0.5) is 5.69 Å². The highest BCUT2D eigenvalue weighted by Crippen LogP contribution is 2.32. The van der Waals surface area contributed by atoms with Gasteiger partial charge < -0.3 is 9.39 Å². The Morgan fingerprint density at radius 1 is 1.14 bits per heavy atom. The second-order valence-electron chi connectivity index (χ2n) is 5.76. The molecule has 22 heavy (non-hydrogen) atoms. The topological polar surface area (TPSA) is 22.8 Å². The molecule has 110 valence electrons. The van der Waals surface area contributed by atoms with Gasteiger partial charge in [0.2, 0.25) is 0 Å². The van der Waals surface area contributed by atoms with Crippen LogP contribution in [-0.2, 0) is 11.2 Å². The quantitative estimate of drug-likeness (QED) is 0.608. The first kappa shape index (κ1) is 13.4. The summed E-state index contributed by atoms with van der Waals surface area (Å²) in [7, 11) is 0. The zero-order chi connectivity index (χ0) is 16.7. The molecule has 1 atom stereocenters. The molecule has 0 saturated heterocycles. The Morgan fingerprint density at radius 3 is 2.36 bits per heavy atom. The van der Waals surface area contributed by atoms with Gasteiger partial charge in [-0.25, -0.2) is 4.85 Å². The molecule has 1 aliphatic rings. The van der Waals surface area contributed by atoms with E-state index in [0.29, 0.717) is 17.2 Å². The van der Waals surface area contributed by atoms with Gasteiger partial charge in [-0.3, -0.25) is 0 Å². The summed E-state index contributed by atoms with van der Waals surface area (Å²) in [5.41, 5.74) is 5.53. The lowest BCUT2D eigenvalue weighted by molar-refractivity contribution is 0.333. The lowest BCUT2D eigenvalue weighted by Gasteiger charge is -2.12. The Balaban J connectivity index is 1.98. The van der Waals surface area contributed by atoms with E-state index in [-0.39, 0.29) is 6.92 Å². The van der Waals surface area contributed by atoms with Crippen molar-refractivity contribution in [1.82, 2.24) is 0 Å². The zero-order valence-corrected chi connectivity index (χ0v) is 13.2. The first-order valence-electron chi connectivity index (χ1n) is 7.87. The van der Waals surface area contributed by atoms with Gasteiger partial charge in [-0.1, -0.05) is 6.82 Å². The summed E-state index contributed by atoms with van der Waals surface area (Å²) in [5, 5.41) is 0. The van der Waals surface area contributed by atoms with Gasteiger partial charge in [-0.15, -0.1) is 0 Å². The van der Waals surface area contributed by atoms with Crippen LogP contribution >= 0.6 is 0 Å². The first-order valence-corrected chi connectivity index (χ1v) is 7.29. The second-order valence-corrected chi connectivity index (χ2v) is 5.76. The number of hydrogen-bond acceptors (Lipinski definition) is 2. The molecule has 0 spiro atoms. The summed E-state index contributed by atoms with van der Waals surface area (Å²) in [6, 6.07) is 7.61. The lowest BCUT2D eigenvalue weighted by atomic mass is 9.62. The SMILES string of the molecule is [2H]C1OB(C)c2c(C)cc(Oc3cc(C)c([N+]#[C-])c(C)c3)cc21. The van der Waals surface area contributed by atoms with Crippen molar-refractivity contribution in [3.63, 3.8) is 0 Å². The highest BCUT2D eigenvalue weighted by molar-refractivity contribution is 6.68. The predicted molar refractivity (Wildman–Crippen MR) is 89.5 cm³/mol. The summed E-state index contributed by atoms with van der Waals surface area (Å²) in [6.07, 6.45) is 0. The molecule has 0 N–H and O–H groups in total. The molecule has 0 aliphatic carbocycles. The Morgan fingerprint density at radius 2 is 1.73 bits per heavy atom. The van der Waals surface area contributed by atoms with Crippen LogP contribution in [0.15, 0.2) is 24.3 Å². The van der Waals surface area contributed by atoms with Crippen molar-refractivity contribution in [3.05, 3.63) is 57.9 Å². The van der Waals surface area contributed by atoms with Crippen LogP contribution in [0.1, 0.15) is 23.6 Å². The van der Waals surface area contributed by atoms with Crippen molar-refractivity contribution in [2.24, 2.45) is 0 Å². The van der Waals surface area contributed by atoms with E-state index < -0.39 is 6.58 Å². The third kappa shape index (κ3) is 2.49. The van der Waals surface area contributed by atoms with E-state index in [4.69, 9.17) is 17.3 Å². The van der Waals surface area contributed by atoms with Crippen LogP contribution in [0.5, 0.6) is 11.5 Å². The van der Waals surface area contributed by atoms with Crippen molar-refractivity contribution in [2.45, 2.75) is 34.2 Å². The maximum absolute atomic E-state index is 8.03. The molecule has 0 aromatic heterocycles. The number of benzene rings is 2. The monoisotopic (exact) mass is 292 g/mol. The van der Waals surface area contributed by atoms with E-state index in [1.54, 1.807) is 0 Å². The Bertz CT molecular complexity index is 805. The van der Waals surface area contributed by atoms with Gasteiger partial charge in [0.15, 0.2) is 5.69 Å². The van der Waals surface area contributed by atoms with Crippen LogP contribution in [0.3, 0.4) is 0 Å². The Hall–Kier alpha value is -2.25. The fourth-order valence-corrected chi connectivity index (χ4v) is 3.03. The van der Waals surface area contributed by atoms with Gasteiger partial charge >= 0.3 is 6.92 Å². The molecule has 0 fully saturated rings. The summed E-state index contributed by atoms with van der Waals surface area (Å²) in [4.78, 5) is 3.55. The van der Waals surface area contributed by atoms with E-state index in [1.165, 1.54) is 0 Å². The summed E-state index contributed by atoms with van der Waals surface area (Å²) >= 11 is 0. The van der Waals surface area contributed by atoms with E-state index in [2.05, 4.69) is 4.85 Å². The van der Waals surface area contributed by atoms with E-state index >= 15 is 0 Å². The Labute approximate surface area is 133 Å².